The van der Waals surface area contributed by atoms with Crippen LogP contribution in [0, 0.1) is 0 Å². The standard InChI is InChI=1S/C19H32N4OS.HI/c1-4-20-19(22-14-15(2)17-9-7-13-25-17)21-11-10-18(24)23-12-6-5-8-16(23)3;/h7,9,13,15-16H,4-6,8,10-12,14H2,1-3H3,(H2,20,21,22);1H. The van der Waals surface area contributed by atoms with E-state index in [0.29, 0.717) is 24.9 Å². The highest BCUT2D eigenvalue weighted by atomic mass is 127. The van der Waals surface area contributed by atoms with Crippen LogP contribution < -0.4 is 10.6 Å². The van der Waals surface area contributed by atoms with Crippen LogP contribution in [0.15, 0.2) is 22.5 Å². The molecule has 2 atom stereocenters. The van der Waals surface area contributed by atoms with Crippen LogP contribution in [0.2, 0.25) is 0 Å². The predicted molar refractivity (Wildman–Crippen MR) is 122 cm³/mol. The molecule has 1 aliphatic heterocycles. The van der Waals surface area contributed by atoms with Crippen molar-refractivity contribution >= 4 is 47.2 Å². The zero-order valence-corrected chi connectivity index (χ0v) is 19.3. The first-order chi connectivity index (χ1) is 12.1. The molecule has 2 N–H and O–H groups in total. The lowest BCUT2D eigenvalue weighted by Gasteiger charge is -2.33. The molecule has 0 spiro atoms. The lowest BCUT2D eigenvalue weighted by molar-refractivity contribution is -0.134. The van der Waals surface area contributed by atoms with Gasteiger partial charge in [-0.1, -0.05) is 13.0 Å². The zero-order chi connectivity index (χ0) is 18.1. The van der Waals surface area contributed by atoms with Crippen LogP contribution in [0.25, 0.3) is 0 Å². The molecular formula is C19H33IN4OS. The van der Waals surface area contributed by atoms with Gasteiger partial charge >= 0.3 is 0 Å². The Hall–Kier alpha value is -0.830. The second-order valence-corrected chi connectivity index (χ2v) is 7.72. The van der Waals surface area contributed by atoms with Gasteiger partial charge in [0.05, 0.1) is 6.54 Å². The SMILES string of the molecule is CCNC(=NCC(C)c1cccs1)NCCC(=O)N1CCCCC1C.I. The molecule has 26 heavy (non-hydrogen) atoms. The number of nitrogens with one attached hydrogen (secondary N) is 2. The number of carbonyl (C=O) groups is 1. The van der Waals surface area contributed by atoms with Gasteiger partial charge < -0.3 is 15.5 Å². The molecule has 1 aromatic heterocycles. The summed E-state index contributed by atoms with van der Waals surface area (Å²) in [5, 5.41) is 8.67. The van der Waals surface area contributed by atoms with Crippen LogP contribution in [-0.4, -0.2) is 49.0 Å². The topological polar surface area (TPSA) is 56.7 Å². The quantitative estimate of drug-likeness (QED) is 0.346. The molecular weight excluding hydrogens is 459 g/mol. The van der Waals surface area contributed by atoms with Crippen molar-refractivity contribution in [1.82, 2.24) is 15.5 Å². The molecule has 1 saturated heterocycles. The average Bonchev–Trinajstić information content (AvgIpc) is 3.14. The van der Waals surface area contributed by atoms with E-state index in [4.69, 9.17) is 0 Å². The number of nitrogens with zero attached hydrogens (tertiary/aromatic N) is 2. The van der Waals surface area contributed by atoms with E-state index in [1.807, 2.05) is 4.90 Å². The number of amides is 1. The van der Waals surface area contributed by atoms with E-state index >= 15 is 0 Å². The maximum atomic E-state index is 12.4. The normalized spacial score (nSPS) is 18.8. The van der Waals surface area contributed by atoms with Crippen molar-refractivity contribution in [2.45, 2.75) is 58.4 Å². The Morgan fingerprint density at radius 1 is 1.42 bits per heavy atom. The van der Waals surface area contributed by atoms with Gasteiger partial charge in [-0.25, -0.2) is 0 Å². The Morgan fingerprint density at radius 2 is 2.23 bits per heavy atom. The molecule has 7 heteroatoms. The van der Waals surface area contributed by atoms with Crippen LogP contribution in [-0.2, 0) is 4.79 Å². The Bertz CT molecular complexity index is 550. The largest absolute Gasteiger partial charge is 0.357 e. The number of rotatable bonds is 7. The summed E-state index contributed by atoms with van der Waals surface area (Å²) in [6.45, 7) is 9.50. The Morgan fingerprint density at radius 3 is 2.88 bits per heavy atom. The summed E-state index contributed by atoms with van der Waals surface area (Å²) in [6, 6.07) is 4.62. The number of hydrogen-bond acceptors (Lipinski definition) is 3. The number of carbonyl (C=O) groups excluding carboxylic acids is 1. The number of guanidine groups is 1. The van der Waals surface area contributed by atoms with Crippen LogP contribution in [0.4, 0.5) is 0 Å². The van der Waals surface area contributed by atoms with Gasteiger partial charge in [-0.3, -0.25) is 9.79 Å². The number of aliphatic imine (C=N–C) groups is 1. The second-order valence-electron chi connectivity index (χ2n) is 6.74. The minimum absolute atomic E-state index is 0. The first-order valence-electron chi connectivity index (χ1n) is 9.46. The van der Waals surface area contributed by atoms with E-state index in [0.717, 1.165) is 38.4 Å². The first-order valence-corrected chi connectivity index (χ1v) is 10.3. The number of likely N-dealkylation sites (tertiary alicyclic amines) is 1. The molecule has 5 nitrogen and oxygen atoms in total. The van der Waals surface area contributed by atoms with Gasteiger partial charge in [-0.2, -0.15) is 0 Å². The molecule has 148 valence electrons. The summed E-state index contributed by atoms with van der Waals surface area (Å²) in [4.78, 5) is 20.5. The molecule has 1 amide bonds. The fourth-order valence-electron chi connectivity index (χ4n) is 3.13. The summed E-state index contributed by atoms with van der Waals surface area (Å²) in [5.74, 6) is 1.46. The number of hydrogen-bond donors (Lipinski definition) is 2. The van der Waals surface area contributed by atoms with Gasteiger partial charge in [0.2, 0.25) is 5.91 Å². The van der Waals surface area contributed by atoms with E-state index in [2.05, 4.69) is 53.9 Å². The number of piperidine rings is 1. The molecule has 2 unspecified atom stereocenters. The Kier molecular flexibility index (Phi) is 11.2. The molecule has 0 aromatic carbocycles. The van der Waals surface area contributed by atoms with Gasteiger partial charge in [0.25, 0.3) is 0 Å². The van der Waals surface area contributed by atoms with Crippen molar-refractivity contribution < 1.29 is 4.79 Å². The molecule has 1 aromatic rings. The lowest BCUT2D eigenvalue weighted by atomic mass is 10.0. The Labute approximate surface area is 179 Å². The smallest absolute Gasteiger partial charge is 0.224 e. The van der Waals surface area contributed by atoms with Crippen LogP contribution in [0.1, 0.15) is 57.2 Å². The highest BCUT2D eigenvalue weighted by Gasteiger charge is 2.22. The summed E-state index contributed by atoms with van der Waals surface area (Å²) in [6.07, 6.45) is 4.02. The monoisotopic (exact) mass is 492 g/mol. The lowest BCUT2D eigenvalue weighted by Crippen LogP contribution is -2.44. The van der Waals surface area contributed by atoms with Gasteiger partial charge in [0.1, 0.15) is 0 Å². The summed E-state index contributed by atoms with van der Waals surface area (Å²) >= 11 is 1.77. The minimum atomic E-state index is 0. The van der Waals surface area contributed by atoms with E-state index in [1.54, 1.807) is 11.3 Å². The second kappa shape index (κ2) is 12.5. The molecule has 0 bridgehead atoms. The van der Waals surface area contributed by atoms with Crippen LogP contribution >= 0.6 is 35.3 Å². The summed E-state index contributed by atoms with van der Waals surface area (Å²) in [5.41, 5.74) is 0. The fraction of sp³-hybridized carbons (Fsp3) is 0.684. The number of thiophene rings is 1. The van der Waals surface area contributed by atoms with Gasteiger partial charge in [0, 0.05) is 42.9 Å². The molecule has 0 radical (unpaired) electrons. The molecule has 2 rings (SSSR count). The highest BCUT2D eigenvalue weighted by molar-refractivity contribution is 14.0. The fourth-order valence-corrected chi connectivity index (χ4v) is 3.91. The molecule has 2 heterocycles. The molecule has 0 aliphatic carbocycles. The van der Waals surface area contributed by atoms with Crippen LogP contribution in [0.5, 0.6) is 0 Å². The van der Waals surface area contributed by atoms with Crippen molar-refractivity contribution in [3.8, 4) is 0 Å². The first kappa shape index (κ1) is 23.2. The van der Waals surface area contributed by atoms with E-state index < -0.39 is 0 Å². The van der Waals surface area contributed by atoms with E-state index in [-0.39, 0.29) is 29.9 Å². The van der Waals surface area contributed by atoms with E-state index in [1.165, 1.54) is 11.3 Å². The predicted octanol–water partition coefficient (Wildman–Crippen LogP) is 3.82. The maximum Gasteiger partial charge on any atom is 0.224 e. The van der Waals surface area contributed by atoms with Crippen molar-refractivity contribution in [1.29, 1.82) is 0 Å². The third-order valence-electron chi connectivity index (χ3n) is 4.65. The summed E-state index contributed by atoms with van der Waals surface area (Å²) < 4.78 is 0. The average molecular weight is 492 g/mol. The van der Waals surface area contributed by atoms with Gasteiger partial charge in [-0.05, 0) is 44.6 Å². The van der Waals surface area contributed by atoms with Crippen molar-refractivity contribution in [3.63, 3.8) is 0 Å². The van der Waals surface area contributed by atoms with Gasteiger partial charge in [-0.15, -0.1) is 35.3 Å². The molecule has 1 fully saturated rings. The highest BCUT2D eigenvalue weighted by Crippen LogP contribution is 2.20. The van der Waals surface area contributed by atoms with E-state index in [9.17, 15) is 4.79 Å². The van der Waals surface area contributed by atoms with Crippen molar-refractivity contribution in [3.05, 3.63) is 22.4 Å². The van der Waals surface area contributed by atoms with Gasteiger partial charge in [0.15, 0.2) is 5.96 Å². The third kappa shape index (κ3) is 7.42. The zero-order valence-electron chi connectivity index (χ0n) is 16.2. The van der Waals surface area contributed by atoms with Crippen molar-refractivity contribution in [2.75, 3.05) is 26.2 Å². The minimum Gasteiger partial charge on any atom is -0.357 e. The maximum absolute atomic E-state index is 12.4. The third-order valence-corrected chi connectivity index (χ3v) is 5.75. The Balaban J connectivity index is 0.00000338. The van der Waals surface area contributed by atoms with Crippen LogP contribution in [0.3, 0.4) is 0 Å². The number of halogens is 1. The molecule has 1 aliphatic rings. The summed E-state index contributed by atoms with van der Waals surface area (Å²) in [7, 11) is 0. The van der Waals surface area contributed by atoms with Crippen molar-refractivity contribution in [2.24, 2.45) is 4.99 Å². The molecule has 0 saturated carbocycles.